The first-order valence-corrected chi connectivity index (χ1v) is 15.6. The molecule has 0 aromatic heterocycles. The minimum absolute atomic E-state index is 0.00234. The molecule has 0 spiro atoms. The number of anilines is 1. The second-order valence-corrected chi connectivity index (χ2v) is 12.3. The van der Waals surface area contributed by atoms with Crippen LogP contribution < -0.4 is 10.6 Å². The summed E-state index contributed by atoms with van der Waals surface area (Å²) in [5.41, 5.74) is 1.54. The molecule has 2 unspecified atom stereocenters. The van der Waals surface area contributed by atoms with Crippen LogP contribution in [0.4, 0.5) is 10.5 Å². The number of hydrogen-bond donors (Lipinski definition) is 4. The number of nitrogens with one attached hydrogen (secondary N) is 2. The van der Waals surface area contributed by atoms with Gasteiger partial charge in [0.15, 0.2) is 0 Å². The number of hydrogen-bond acceptors (Lipinski definition) is 6. The van der Waals surface area contributed by atoms with Gasteiger partial charge in [-0.25, -0.2) is 4.79 Å². The highest BCUT2D eigenvalue weighted by Gasteiger charge is 2.36. The van der Waals surface area contributed by atoms with E-state index >= 15 is 0 Å². The summed E-state index contributed by atoms with van der Waals surface area (Å²) in [6.07, 6.45) is 5.15. The summed E-state index contributed by atoms with van der Waals surface area (Å²) in [5, 5.41) is 16.2. The first-order chi connectivity index (χ1) is 19.8. The molecule has 0 radical (unpaired) electrons. The molecule has 0 saturated carbocycles. The Kier molecular flexibility index (Phi) is 14.0. The van der Waals surface area contributed by atoms with Crippen molar-refractivity contribution >= 4 is 47.8 Å². The zero-order valence-corrected chi connectivity index (χ0v) is 27.3. The lowest BCUT2D eigenvalue weighted by Gasteiger charge is -2.34. The van der Waals surface area contributed by atoms with Gasteiger partial charge in [-0.1, -0.05) is 68.8 Å². The Morgan fingerprint density at radius 1 is 1.02 bits per heavy atom. The molecule has 0 aliphatic heterocycles. The Hall–Kier alpha value is -2.91. The average molecular weight is 620 g/mol. The zero-order valence-electron chi connectivity index (χ0n) is 25.6. The Bertz CT molecular complexity index is 1200. The van der Waals surface area contributed by atoms with Crippen molar-refractivity contribution in [3.8, 4) is 5.75 Å². The number of carbonyl (C=O) groups excluding carboxylic acids is 3. The number of nitrogens with zero attached hydrogens (tertiary/aromatic N) is 1. The van der Waals surface area contributed by atoms with E-state index < -0.39 is 35.6 Å². The molecule has 10 heteroatoms. The fraction of sp³-hybridized carbons (Fsp3) is 0.531. The number of thiol groups is 1. The number of halogens is 1. The zero-order chi connectivity index (χ0) is 31.4. The molecule has 42 heavy (non-hydrogen) atoms. The standard InChI is InChI=1S/C32H46ClN3O5S/c1-7-8-9-10-11-12-18-36(30(39)25(20-42)34-31(40)41-32(4,5)6)28(23-16-17-26(37)22(3)19-23)29(38)35-27-21(2)14-13-15-24(27)33/h13-17,19,25,28,37,42H,7-12,18,20H2,1-6H3,(H,34,40)(H,35,38). The third-order valence-electron chi connectivity index (χ3n) is 6.77. The highest BCUT2D eigenvalue weighted by Crippen LogP contribution is 2.31. The van der Waals surface area contributed by atoms with Gasteiger partial charge in [0.05, 0.1) is 10.7 Å². The Balaban J connectivity index is 2.53. The van der Waals surface area contributed by atoms with Gasteiger partial charge in [0.1, 0.15) is 23.4 Å². The lowest BCUT2D eigenvalue weighted by Crippen LogP contribution is -2.53. The van der Waals surface area contributed by atoms with Crippen LogP contribution in [-0.2, 0) is 14.3 Å². The molecule has 0 bridgehead atoms. The minimum atomic E-state index is -1.08. The smallest absolute Gasteiger partial charge is 0.408 e. The van der Waals surface area contributed by atoms with Crippen molar-refractivity contribution in [2.75, 3.05) is 17.6 Å². The van der Waals surface area contributed by atoms with Gasteiger partial charge in [0.2, 0.25) is 5.91 Å². The van der Waals surface area contributed by atoms with Gasteiger partial charge >= 0.3 is 6.09 Å². The molecule has 0 heterocycles. The van der Waals surface area contributed by atoms with Gasteiger partial charge in [-0.2, -0.15) is 12.6 Å². The van der Waals surface area contributed by atoms with Crippen molar-refractivity contribution in [2.45, 2.75) is 97.8 Å². The first-order valence-electron chi connectivity index (χ1n) is 14.5. The number of ether oxygens (including phenoxy) is 1. The molecule has 2 atom stereocenters. The third-order valence-corrected chi connectivity index (χ3v) is 7.45. The second kappa shape index (κ2) is 16.7. The summed E-state index contributed by atoms with van der Waals surface area (Å²) in [5.74, 6) is -0.858. The van der Waals surface area contributed by atoms with E-state index in [0.717, 1.165) is 37.7 Å². The van der Waals surface area contributed by atoms with Crippen molar-refractivity contribution in [1.82, 2.24) is 10.2 Å². The van der Waals surface area contributed by atoms with Crippen molar-refractivity contribution < 1.29 is 24.2 Å². The largest absolute Gasteiger partial charge is 0.508 e. The van der Waals surface area contributed by atoms with Crippen LogP contribution in [0.3, 0.4) is 0 Å². The maximum atomic E-state index is 14.2. The molecule has 2 aromatic rings. The number of alkyl carbamates (subject to hydrolysis) is 1. The number of aromatic hydroxyl groups is 1. The van der Waals surface area contributed by atoms with E-state index in [1.54, 1.807) is 52.0 Å². The third kappa shape index (κ3) is 10.7. The van der Waals surface area contributed by atoms with Gasteiger partial charge < -0.3 is 25.4 Å². The first kappa shape index (κ1) is 35.3. The van der Waals surface area contributed by atoms with Crippen LogP contribution in [0.2, 0.25) is 5.02 Å². The predicted octanol–water partition coefficient (Wildman–Crippen LogP) is 7.35. The van der Waals surface area contributed by atoms with E-state index in [1.165, 1.54) is 11.0 Å². The van der Waals surface area contributed by atoms with E-state index in [2.05, 4.69) is 30.2 Å². The molecule has 3 amide bonds. The monoisotopic (exact) mass is 619 g/mol. The van der Waals surface area contributed by atoms with Gasteiger partial charge in [-0.3, -0.25) is 9.59 Å². The normalized spacial score (nSPS) is 12.8. The van der Waals surface area contributed by atoms with Gasteiger partial charge in [-0.05, 0) is 75.9 Å². The van der Waals surface area contributed by atoms with Crippen LogP contribution in [0.5, 0.6) is 5.75 Å². The highest BCUT2D eigenvalue weighted by atomic mass is 35.5. The molecular formula is C32H46ClN3O5S. The van der Waals surface area contributed by atoms with E-state index in [-0.39, 0.29) is 18.0 Å². The summed E-state index contributed by atoms with van der Waals surface area (Å²) < 4.78 is 5.39. The molecule has 0 aliphatic rings. The lowest BCUT2D eigenvalue weighted by atomic mass is 9.99. The van der Waals surface area contributed by atoms with E-state index in [0.29, 0.717) is 28.3 Å². The quantitative estimate of drug-likeness (QED) is 0.131. The molecule has 2 rings (SSSR count). The summed E-state index contributed by atoms with van der Waals surface area (Å²) in [6.45, 7) is 11.2. The predicted molar refractivity (Wildman–Crippen MR) is 173 cm³/mol. The Morgan fingerprint density at radius 2 is 1.69 bits per heavy atom. The van der Waals surface area contributed by atoms with Crippen LogP contribution in [0, 0.1) is 13.8 Å². The molecule has 2 aromatic carbocycles. The van der Waals surface area contributed by atoms with E-state index in [1.807, 2.05) is 13.0 Å². The number of rotatable bonds is 14. The van der Waals surface area contributed by atoms with Crippen molar-refractivity contribution in [3.05, 3.63) is 58.1 Å². The van der Waals surface area contributed by atoms with Gasteiger partial charge in [0, 0.05) is 12.3 Å². The van der Waals surface area contributed by atoms with Gasteiger partial charge in [-0.15, -0.1) is 0 Å². The Labute approximate surface area is 260 Å². The fourth-order valence-corrected chi connectivity index (χ4v) is 5.08. The maximum absolute atomic E-state index is 14.2. The number of para-hydroxylation sites is 1. The van der Waals surface area contributed by atoms with Crippen molar-refractivity contribution in [1.29, 1.82) is 0 Å². The number of aryl methyl sites for hydroxylation is 2. The van der Waals surface area contributed by atoms with Crippen LogP contribution in [0.25, 0.3) is 0 Å². The molecule has 0 fully saturated rings. The average Bonchev–Trinajstić information content (AvgIpc) is 2.91. The summed E-state index contributed by atoms with van der Waals surface area (Å²) in [7, 11) is 0. The second-order valence-electron chi connectivity index (χ2n) is 11.6. The number of phenols is 1. The topological polar surface area (TPSA) is 108 Å². The summed E-state index contributed by atoms with van der Waals surface area (Å²) in [4.78, 5) is 42.4. The minimum Gasteiger partial charge on any atom is -0.508 e. The van der Waals surface area contributed by atoms with Crippen LogP contribution >= 0.6 is 24.2 Å². The van der Waals surface area contributed by atoms with Crippen LogP contribution in [0.15, 0.2) is 36.4 Å². The fourth-order valence-electron chi connectivity index (χ4n) is 4.57. The molecule has 0 saturated heterocycles. The molecular weight excluding hydrogens is 574 g/mol. The van der Waals surface area contributed by atoms with E-state index in [4.69, 9.17) is 16.3 Å². The maximum Gasteiger partial charge on any atom is 0.408 e. The van der Waals surface area contributed by atoms with E-state index in [9.17, 15) is 19.5 Å². The molecule has 232 valence electrons. The summed E-state index contributed by atoms with van der Waals surface area (Å²) >= 11 is 10.8. The van der Waals surface area contributed by atoms with Crippen molar-refractivity contribution in [3.63, 3.8) is 0 Å². The highest BCUT2D eigenvalue weighted by molar-refractivity contribution is 7.80. The Morgan fingerprint density at radius 3 is 2.29 bits per heavy atom. The van der Waals surface area contributed by atoms with Gasteiger partial charge in [0.25, 0.3) is 5.91 Å². The molecule has 3 N–H and O–H groups in total. The molecule has 0 aliphatic carbocycles. The lowest BCUT2D eigenvalue weighted by molar-refractivity contribution is -0.140. The number of amides is 3. The SMILES string of the molecule is CCCCCCCCN(C(=O)C(CS)NC(=O)OC(C)(C)C)C(C(=O)Nc1c(C)cccc1Cl)c1ccc(O)c(C)c1. The number of carbonyl (C=O) groups is 3. The number of unbranched alkanes of at least 4 members (excludes halogenated alkanes) is 5. The summed E-state index contributed by atoms with van der Waals surface area (Å²) in [6, 6.07) is 8.02. The van der Waals surface area contributed by atoms with Crippen LogP contribution in [0.1, 0.15) is 89.0 Å². The van der Waals surface area contributed by atoms with Crippen molar-refractivity contribution in [2.24, 2.45) is 0 Å². The molecule has 8 nitrogen and oxygen atoms in total. The number of phenolic OH excluding ortho intramolecular Hbond substituents is 1. The van der Waals surface area contributed by atoms with Crippen LogP contribution in [-0.4, -0.2) is 51.9 Å². The number of benzene rings is 2.